The summed E-state index contributed by atoms with van der Waals surface area (Å²) in [6.07, 6.45) is 3.89. The van der Waals surface area contributed by atoms with Crippen molar-refractivity contribution < 1.29 is 10.2 Å². The lowest BCUT2D eigenvalue weighted by atomic mass is 10.00. The Morgan fingerprint density at radius 2 is 1.86 bits per heavy atom. The zero-order valence-electron chi connectivity index (χ0n) is 13.3. The summed E-state index contributed by atoms with van der Waals surface area (Å²) in [5, 5.41) is 22.6. The van der Waals surface area contributed by atoms with E-state index in [4.69, 9.17) is 5.11 Å². The van der Waals surface area contributed by atoms with Crippen LogP contribution in [0.2, 0.25) is 0 Å². The normalized spacial score (nSPS) is 18.0. The van der Waals surface area contributed by atoms with Gasteiger partial charge >= 0.3 is 0 Å². The van der Waals surface area contributed by atoms with E-state index in [-0.39, 0.29) is 6.61 Å². The molecular formula is C18H29NO2. The zero-order valence-corrected chi connectivity index (χ0v) is 13.3. The molecule has 3 N–H and O–H groups in total. The van der Waals surface area contributed by atoms with Gasteiger partial charge in [0.05, 0.1) is 6.10 Å². The Labute approximate surface area is 128 Å². The lowest BCUT2D eigenvalue weighted by Gasteiger charge is -2.17. The number of aliphatic hydroxyl groups excluding tert-OH is 2. The van der Waals surface area contributed by atoms with Gasteiger partial charge in [-0.2, -0.15) is 0 Å². The highest BCUT2D eigenvalue weighted by molar-refractivity contribution is 5.24. The Balaban J connectivity index is 1.76. The van der Waals surface area contributed by atoms with E-state index < -0.39 is 6.10 Å². The fourth-order valence-electron chi connectivity index (χ4n) is 2.87. The summed E-state index contributed by atoms with van der Waals surface area (Å²) in [5.74, 6) is 0.656. The average molecular weight is 291 g/mol. The molecule has 0 radical (unpaired) electrons. The van der Waals surface area contributed by atoms with E-state index in [1.165, 1.54) is 18.4 Å². The minimum Gasteiger partial charge on any atom is -0.396 e. The van der Waals surface area contributed by atoms with Gasteiger partial charge in [0, 0.05) is 19.7 Å². The summed E-state index contributed by atoms with van der Waals surface area (Å²) in [6.45, 7) is 6.17. The molecule has 1 fully saturated rings. The average Bonchev–Trinajstić information content (AvgIpc) is 3.19. The summed E-state index contributed by atoms with van der Waals surface area (Å²) >= 11 is 0. The number of aliphatic hydroxyl groups is 2. The van der Waals surface area contributed by atoms with Crippen molar-refractivity contribution in [2.45, 2.75) is 45.6 Å². The van der Waals surface area contributed by atoms with Crippen LogP contribution in [0.4, 0.5) is 0 Å². The van der Waals surface area contributed by atoms with Gasteiger partial charge in [-0.25, -0.2) is 0 Å². The summed E-state index contributed by atoms with van der Waals surface area (Å²) in [5.41, 5.74) is 2.60. The number of rotatable bonds is 9. The topological polar surface area (TPSA) is 52.5 Å². The van der Waals surface area contributed by atoms with Crippen LogP contribution in [0.1, 0.15) is 50.3 Å². The van der Waals surface area contributed by atoms with Crippen LogP contribution in [0.25, 0.3) is 0 Å². The first-order chi connectivity index (χ1) is 10.0. The molecule has 1 saturated carbocycles. The second-order valence-electron chi connectivity index (χ2n) is 6.96. The van der Waals surface area contributed by atoms with Gasteiger partial charge in [0.15, 0.2) is 0 Å². The summed E-state index contributed by atoms with van der Waals surface area (Å²) in [7, 11) is 0. The first-order valence-corrected chi connectivity index (χ1v) is 8.13. The Kier molecular flexibility index (Phi) is 5.80. The predicted molar refractivity (Wildman–Crippen MR) is 86.2 cm³/mol. The molecule has 0 bridgehead atoms. The van der Waals surface area contributed by atoms with Crippen LogP contribution >= 0.6 is 0 Å². The van der Waals surface area contributed by atoms with Crippen molar-refractivity contribution in [2.75, 3.05) is 19.7 Å². The highest BCUT2D eigenvalue weighted by Crippen LogP contribution is 2.47. The van der Waals surface area contributed by atoms with Crippen molar-refractivity contribution in [3.05, 3.63) is 35.4 Å². The van der Waals surface area contributed by atoms with Gasteiger partial charge in [0.2, 0.25) is 0 Å². The van der Waals surface area contributed by atoms with Crippen molar-refractivity contribution >= 4 is 0 Å². The highest BCUT2D eigenvalue weighted by atomic mass is 16.3. The molecule has 1 aromatic rings. The van der Waals surface area contributed by atoms with Gasteiger partial charge in [-0.15, -0.1) is 0 Å². The third-order valence-electron chi connectivity index (χ3n) is 4.45. The predicted octanol–water partition coefficient (Wildman–Crippen LogP) is 2.67. The van der Waals surface area contributed by atoms with Crippen molar-refractivity contribution in [2.24, 2.45) is 11.3 Å². The maximum absolute atomic E-state index is 10.2. The van der Waals surface area contributed by atoms with Gasteiger partial charge in [0.1, 0.15) is 0 Å². The molecule has 2 rings (SSSR count). The fourth-order valence-corrected chi connectivity index (χ4v) is 2.87. The molecule has 0 amide bonds. The molecule has 1 unspecified atom stereocenters. The van der Waals surface area contributed by atoms with E-state index in [2.05, 4.69) is 31.3 Å². The Morgan fingerprint density at radius 1 is 1.19 bits per heavy atom. The van der Waals surface area contributed by atoms with Gasteiger partial charge < -0.3 is 15.5 Å². The number of nitrogens with one attached hydrogen (secondary N) is 1. The summed E-state index contributed by atoms with van der Waals surface area (Å²) in [6, 6.07) is 8.30. The molecule has 0 aliphatic heterocycles. The molecule has 0 heterocycles. The number of hydrogen-bond acceptors (Lipinski definition) is 3. The van der Waals surface area contributed by atoms with Crippen LogP contribution in [-0.2, 0) is 6.42 Å². The number of benzene rings is 1. The molecule has 1 atom stereocenters. The van der Waals surface area contributed by atoms with E-state index in [0.717, 1.165) is 24.9 Å². The molecule has 1 aliphatic rings. The smallest absolute Gasteiger partial charge is 0.0914 e. The molecule has 21 heavy (non-hydrogen) atoms. The Hall–Kier alpha value is -0.900. The molecular weight excluding hydrogens is 262 g/mol. The second-order valence-corrected chi connectivity index (χ2v) is 6.96. The van der Waals surface area contributed by atoms with Gasteiger partial charge in [-0.1, -0.05) is 38.1 Å². The third kappa shape index (κ3) is 5.10. The lowest BCUT2D eigenvalue weighted by Crippen LogP contribution is -2.28. The fraction of sp³-hybridized carbons (Fsp3) is 0.667. The summed E-state index contributed by atoms with van der Waals surface area (Å²) in [4.78, 5) is 0. The van der Waals surface area contributed by atoms with Crippen LogP contribution in [0.5, 0.6) is 0 Å². The van der Waals surface area contributed by atoms with Crippen molar-refractivity contribution in [3.8, 4) is 0 Å². The maximum Gasteiger partial charge on any atom is 0.0914 e. The molecule has 1 aliphatic carbocycles. The minimum absolute atomic E-state index is 0.265. The minimum atomic E-state index is -0.456. The molecule has 0 spiro atoms. The molecule has 3 nitrogen and oxygen atoms in total. The SMILES string of the molecule is CC(C)Cc1ccc(C(O)CNCC2(CCO)CC2)cc1. The lowest BCUT2D eigenvalue weighted by molar-refractivity contribution is 0.169. The summed E-state index contributed by atoms with van der Waals surface area (Å²) < 4.78 is 0. The quantitative estimate of drug-likeness (QED) is 0.655. The molecule has 0 aromatic heterocycles. The maximum atomic E-state index is 10.2. The zero-order chi connectivity index (χ0) is 15.3. The highest BCUT2D eigenvalue weighted by Gasteiger charge is 2.41. The first-order valence-electron chi connectivity index (χ1n) is 8.13. The van der Waals surface area contributed by atoms with Crippen LogP contribution in [0.15, 0.2) is 24.3 Å². The molecule has 0 saturated heterocycles. The van der Waals surface area contributed by atoms with Gasteiger partial charge in [0.25, 0.3) is 0 Å². The van der Waals surface area contributed by atoms with Crippen LogP contribution in [0.3, 0.4) is 0 Å². The van der Waals surface area contributed by atoms with Crippen molar-refractivity contribution in [3.63, 3.8) is 0 Å². The Morgan fingerprint density at radius 3 is 2.38 bits per heavy atom. The van der Waals surface area contributed by atoms with E-state index >= 15 is 0 Å². The molecule has 3 heteroatoms. The monoisotopic (exact) mass is 291 g/mol. The van der Waals surface area contributed by atoms with Crippen molar-refractivity contribution in [1.82, 2.24) is 5.32 Å². The van der Waals surface area contributed by atoms with Crippen molar-refractivity contribution in [1.29, 1.82) is 0 Å². The largest absolute Gasteiger partial charge is 0.396 e. The standard InChI is InChI=1S/C18H29NO2/c1-14(2)11-15-3-5-16(6-4-15)17(21)12-19-13-18(7-8-18)9-10-20/h3-6,14,17,19-21H,7-13H2,1-2H3. The van der Waals surface area contributed by atoms with Crippen LogP contribution in [0, 0.1) is 11.3 Å². The van der Waals surface area contributed by atoms with Gasteiger partial charge in [-0.3, -0.25) is 0 Å². The van der Waals surface area contributed by atoms with E-state index in [1.54, 1.807) is 0 Å². The second kappa shape index (κ2) is 7.39. The third-order valence-corrected chi connectivity index (χ3v) is 4.45. The molecule has 1 aromatic carbocycles. The number of hydrogen-bond donors (Lipinski definition) is 3. The van der Waals surface area contributed by atoms with Crippen LogP contribution in [-0.4, -0.2) is 29.9 Å². The van der Waals surface area contributed by atoms with Gasteiger partial charge in [-0.05, 0) is 48.1 Å². The first kappa shape index (κ1) is 16.5. The van der Waals surface area contributed by atoms with E-state index in [9.17, 15) is 5.11 Å². The van der Waals surface area contributed by atoms with E-state index in [0.29, 0.717) is 17.9 Å². The van der Waals surface area contributed by atoms with Crippen LogP contribution < -0.4 is 5.32 Å². The molecule has 118 valence electrons. The Bertz CT molecular complexity index is 423. The van der Waals surface area contributed by atoms with E-state index in [1.807, 2.05) is 12.1 Å².